The molecule has 0 radical (unpaired) electrons. The molecule has 1 atom stereocenters. The first-order valence-electron chi connectivity index (χ1n) is 6.05. The summed E-state index contributed by atoms with van der Waals surface area (Å²) in [6.07, 6.45) is 4.94. The van der Waals surface area contributed by atoms with Gasteiger partial charge in [-0.3, -0.25) is 0 Å². The number of thiophene rings is 1. The lowest BCUT2D eigenvalue weighted by Gasteiger charge is -2.10. The summed E-state index contributed by atoms with van der Waals surface area (Å²) in [5.74, 6) is 0.950. The number of hydrogen-bond donors (Lipinski definition) is 1. The zero-order chi connectivity index (χ0) is 13.1. The molecule has 1 unspecified atom stereocenters. The maximum Gasteiger partial charge on any atom is 0.111 e. The van der Waals surface area contributed by atoms with Gasteiger partial charge in [0.05, 0.1) is 6.10 Å². The van der Waals surface area contributed by atoms with Gasteiger partial charge in [-0.1, -0.05) is 6.92 Å². The molecule has 0 aliphatic heterocycles. The van der Waals surface area contributed by atoms with Crippen molar-refractivity contribution in [3.05, 3.63) is 38.5 Å². The van der Waals surface area contributed by atoms with Gasteiger partial charge >= 0.3 is 0 Å². The number of halogens is 1. The fourth-order valence-corrected chi connectivity index (χ4v) is 3.44. The minimum atomic E-state index is -0.474. The van der Waals surface area contributed by atoms with Crippen molar-refractivity contribution in [1.29, 1.82) is 0 Å². The Hall–Kier alpha value is -0.650. The van der Waals surface area contributed by atoms with Gasteiger partial charge in [-0.2, -0.15) is 0 Å². The van der Waals surface area contributed by atoms with Crippen LogP contribution >= 0.6 is 27.3 Å². The smallest absolute Gasteiger partial charge is 0.111 e. The summed E-state index contributed by atoms with van der Waals surface area (Å²) in [7, 11) is 0. The predicted octanol–water partition coefficient (Wildman–Crippen LogP) is 3.70. The number of nitrogens with zero attached hydrogens (tertiary/aromatic N) is 2. The van der Waals surface area contributed by atoms with Crippen LogP contribution in [0.4, 0.5) is 0 Å². The summed E-state index contributed by atoms with van der Waals surface area (Å²) in [6.45, 7) is 5.14. The molecule has 0 amide bonds. The van der Waals surface area contributed by atoms with E-state index in [0.717, 1.165) is 28.1 Å². The van der Waals surface area contributed by atoms with Crippen LogP contribution in [0.1, 0.15) is 35.0 Å². The van der Waals surface area contributed by atoms with Crippen LogP contribution in [-0.4, -0.2) is 14.7 Å². The molecule has 3 nitrogen and oxygen atoms in total. The van der Waals surface area contributed by atoms with Crippen molar-refractivity contribution in [2.24, 2.45) is 0 Å². The van der Waals surface area contributed by atoms with E-state index in [1.54, 1.807) is 17.5 Å². The van der Waals surface area contributed by atoms with Crippen molar-refractivity contribution in [2.75, 3.05) is 0 Å². The average Bonchev–Trinajstić information content (AvgIpc) is 2.88. The highest BCUT2D eigenvalue weighted by molar-refractivity contribution is 9.10. The molecule has 0 aliphatic rings. The number of aliphatic hydroxyl groups is 1. The molecule has 0 saturated carbocycles. The summed E-state index contributed by atoms with van der Waals surface area (Å²) in [6, 6.07) is 2.00. The van der Waals surface area contributed by atoms with Gasteiger partial charge in [0.25, 0.3) is 0 Å². The van der Waals surface area contributed by atoms with E-state index in [1.807, 2.05) is 19.2 Å². The number of aryl methyl sites for hydroxylation is 2. The Morgan fingerprint density at radius 3 is 2.94 bits per heavy atom. The Balaban J connectivity index is 2.10. The molecule has 18 heavy (non-hydrogen) atoms. The van der Waals surface area contributed by atoms with Crippen LogP contribution in [0.25, 0.3) is 0 Å². The van der Waals surface area contributed by atoms with E-state index in [9.17, 15) is 5.11 Å². The van der Waals surface area contributed by atoms with E-state index in [-0.39, 0.29) is 0 Å². The quantitative estimate of drug-likeness (QED) is 0.908. The van der Waals surface area contributed by atoms with Gasteiger partial charge < -0.3 is 9.67 Å². The predicted molar refractivity (Wildman–Crippen MR) is 77.9 cm³/mol. The number of imidazole rings is 1. The van der Waals surface area contributed by atoms with E-state index in [4.69, 9.17) is 0 Å². The zero-order valence-corrected chi connectivity index (χ0v) is 13.0. The highest BCUT2D eigenvalue weighted by Crippen LogP contribution is 2.31. The second-order valence-electron chi connectivity index (χ2n) is 4.31. The van der Waals surface area contributed by atoms with Crippen molar-refractivity contribution < 1.29 is 5.11 Å². The van der Waals surface area contributed by atoms with Crippen LogP contribution in [0.2, 0.25) is 0 Å². The summed E-state index contributed by atoms with van der Waals surface area (Å²) in [5, 5.41) is 10.3. The summed E-state index contributed by atoms with van der Waals surface area (Å²) in [4.78, 5) is 6.51. The van der Waals surface area contributed by atoms with E-state index in [2.05, 4.69) is 32.4 Å². The molecule has 0 saturated heterocycles. The van der Waals surface area contributed by atoms with E-state index in [1.165, 1.54) is 4.88 Å². The van der Waals surface area contributed by atoms with Crippen molar-refractivity contribution in [1.82, 2.24) is 9.55 Å². The Kier molecular flexibility index (Phi) is 4.59. The Bertz CT molecular complexity index is 501. The molecule has 0 spiro atoms. The number of aromatic nitrogens is 2. The summed E-state index contributed by atoms with van der Waals surface area (Å²) >= 11 is 5.11. The van der Waals surface area contributed by atoms with Gasteiger partial charge in [0.2, 0.25) is 0 Å². The number of aliphatic hydroxyl groups excluding tert-OH is 1. The molecular formula is C13H17BrN2OS. The molecular weight excluding hydrogens is 312 g/mol. The molecule has 1 N–H and O–H groups in total. The molecule has 2 heterocycles. The standard InChI is InChI=1S/C13H17BrN2OS/c1-3-5-16-6-4-15-13(16)8-11(17)12-7-10(14)9(2)18-12/h4,6-7,11,17H,3,5,8H2,1-2H3. The van der Waals surface area contributed by atoms with Crippen LogP contribution in [0, 0.1) is 6.92 Å². The largest absolute Gasteiger partial charge is 0.387 e. The fraction of sp³-hybridized carbons (Fsp3) is 0.462. The molecule has 5 heteroatoms. The minimum Gasteiger partial charge on any atom is -0.387 e. The molecule has 0 bridgehead atoms. The summed E-state index contributed by atoms with van der Waals surface area (Å²) in [5.41, 5.74) is 0. The highest BCUT2D eigenvalue weighted by Gasteiger charge is 2.15. The third-order valence-electron chi connectivity index (χ3n) is 2.85. The van der Waals surface area contributed by atoms with Crippen LogP contribution in [0.5, 0.6) is 0 Å². The first-order chi connectivity index (χ1) is 8.61. The van der Waals surface area contributed by atoms with Crippen LogP contribution < -0.4 is 0 Å². The Labute approximate surface area is 120 Å². The molecule has 0 fully saturated rings. The van der Waals surface area contributed by atoms with Crippen LogP contribution in [0.15, 0.2) is 22.9 Å². The number of hydrogen-bond acceptors (Lipinski definition) is 3. The molecule has 2 rings (SSSR count). The van der Waals surface area contributed by atoms with Gasteiger partial charge in [0, 0.05) is 39.6 Å². The summed E-state index contributed by atoms with van der Waals surface area (Å²) < 4.78 is 3.18. The lowest BCUT2D eigenvalue weighted by atomic mass is 10.2. The third-order valence-corrected chi connectivity index (χ3v) is 5.08. The van der Waals surface area contributed by atoms with Crippen molar-refractivity contribution in [2.45, 2.75) is 39.3 Å². The van der Waals surface area contributed by atoms with Crippen LogP contribution in [0.3, 0.4) is 0 Å². The van der Waals surface area contributed by atoms with Gasteiger partial charge in [-0.25, -0.2) is 4.98 Å². The molecule has 2 aromatic heterocycles. The Morgan fingerprint density at radius 1 is 1.56 bits per heavy atom. The lowest BCUT2D eigenvalue weighted by molar-refractivity contribution is 0.178. The normalized spacial score (nSPS) is 12.9. The maximum atomic E-state index is 10.3. The third kappa shape index (κ3) is 3.02. The second kappa shape index (κ2) is 5.99. The van der Waals surface area contributed by atoms with Crippen molar-refractivity contribution >= 4 is 27.3 Å². The van der Waals surface area contributed by atoms with Gasteiger partial charge in [0.1, 0.15) is 5.82 Å². The van der Waals surface area contributed by atoms with Crippen molar-refractivity contribution in [3.63, 3.8) is 0 Å². The van der Waals surface area contributed by atoms with Crippen LogP contribution in [-0.2, 0) is 13.0 Å². The minimum absolute atomic E-state index is 0.474. The monoisotopic (exact) mass is 328 g/mol. The second-order valence-corrected chi connectivity index (χ2v) is 6.45. The first kappa shape index (κ1) is 13.8. The molecule has 0 aliphatic carbocycles. The molecule has 0 aromatic carbocycles. The van der Waals surface area contributed by atoms with E-state index < -0.39 is 6.10 Å². The highest BCUT2D eigenvalue weighted by atomic mass is 79.9. The van der Waals surface area contributed by atoms with E-state index >= 15 is 0 Å². The topological polar surface area (TPSA) is 38.0 Å². The lowest BCUT2D eigenvalue weighted by Crippen LogP contribution is -2.08. The number of rotatable bonds is 5. The fourth-order valence-electron chi connectivity index (χ4n) is 1.89. The first-order valence-corrected chi connectivity index (χ1v) is 7.66. The van der Waals surface area contributed by atoms with E-state index in [0.29, 0.717) is 6.42 Å². The average molecular weight is 329 g/mol. The molecule has 98 valence electrons. The SMILES string of the molecule is CCCn1ccnc1CC(O)c1cc(Br)c(C)s1. The molecule has 2 aromatic rings. The Morgan fingerprint density at radius 2 is 2.33 bits per heavy atom. The van der Waals surface area contributed by atoms with Gasteiger partial charge in [-0.05, 0) is 35.3 Å². The maximum absolute atomic E-state index is 10.3. The van der Waals surface area contributed by atoms with Gasteiger partial charge in [-0.15, -0.1) is 11.3 Å². The zero-order valence-electron chi connectivity index (χ0n) is 10.6. The van der Waals surface area contributed by atoms with Crippen molar-refractivity contribution in [3.8, 4) is 0 Å². The van der Waals surface area contributed by atoms with Gasteiger partial charge in [0.15, 0.2) is 0 Å².